The summed E-state index contributed by atoms with van der Waals surface area (Å²) in [7, 11) is 0. The summed E-state index contributed by atoms with van der Waals surface area (Å²) in [4.78, 5) is 14.7. The van der Waals surface area contributed by atoms with E-state index in [1.165, 1.54) is 16.9 Å². The molecule has 1 unspecified atom stereocenters. The molecule has 3 rings (SSSR count). The number of carbonyl (C=O) groups is 1. The highest BCUT2D eigenvalue weighted by Crippen LogP contribution is 2.23. The summed E-state index contributed by atoms with van der Waals surface area (Å²) in [6.45, 7) is 7.23. The molecule has 1 saturated heterocycles. The van der Waals surface area contributed by atoms with E-state index in [0.717, 1.165) is 43.9 Å². The van der Waals surface area contributed by atoms with E-state index in [2.05, 4.69) is 20.6 Å². The molecule has 0 spiro atoms. The van der Waals surface area contributed by atoms with Crippen molar-refractivity contribution in [3.05, 3.63) is 33.8 Å². The first-order valence-electron chi connectivity index (χ1n) is 8.40. The Morgan fingerprint density at radius 2 is 2.21 bits per heavy atom. The lowest BCUT2D eigenvalue weighted by Crippen LogP contribution is -2.34. The highest BCUT2D eigenvalue weighted by Gasteiger charge is 2.21. The summed E-state index contributed by atoms with van der Waals surface area (Å²) >= 11 is 1.54. The third-order valence-corrected chi connectivity index (χ3v) is 5.62. The van der Waals surface area contributed by atoms with Crippen LogP contribution in [-0.4, -0.2) is 43.9 Å². The van der Waals surface area contributed by atoms with Gasteiger partial charge in [0.25, 0.3) is 0 Å². The Morgan fingerprint density at radius 3 is 2.79 bits per heavy atom. The van der Waals surface area contributed by atoms with Gasteiger partial charge >= 0.3 is 0 Å². The van der Waals surface area contributed by atoms with Crippen LogP contribution in [-0.2, 0) is 13.1 Å². The van der Waals surface area contributed by atoms with Crippen molar-refractivity contribution >= 4 is 17.1 Å². The van der Waals surface area contributed by atoms with Gasteiger partial charge in [0, 0.05) is 13.1 Å². The minimum Gasteiger partial charge on any atom is -0.387 e. The molecule has 1 fully saturated rings. The van der Waals surface area contributed by atoms with E-state index in [4.69, 9.17) is 0 Å². The molecule has 1 N–H and O–H groups in total. The van der Waals surface area contributed by atoms with Crippen LogP contribution in [0.25, 0.3) is 0 Å². The summed E-state index contributed by atoms with van der Waals surface area (Å²) in [6, 6.07) is 2.02. The fraction of sp³-hybridized carbons (Fsp3) is 0.588. The predicted octanol–water partition coefficient (Wildman–Crippen LogP) is 2.51. The summed E-state index contributed by atoms with van der Waals surface area (Å²) in [5.74, 6) is 0.745. The van der Waals surface area contributed by atoms with Gasteiger partial charge in [0.05, 0.1) is 17.2 Å². The molecule has 1 aliphatic rings. The van der Waals surface area contributed by atoms with Crippen LogP contribution in [0, 0.1) is 5.92 Å². The molecule has 1 atom stereocenters. The lowest BCUT2D eigenvalue weighted by atomic mass is 9.96. The molecule has 0 aromatic carbocycles. The van der Waals surface area contributed by atoms with Crippen molar-refractivity contribution in [3.8, 4) is 0 Å². The lowest BCUT2D eigenvalue weighted by Gasteiger charge is -2.31. The van der Waals surface area contributed by atoms with Gasteiger partial charge in [0.1, 0.15) is 5.69 Å². The Balaban J connectivity index is 1.47. The largest absolute Gasteiger partial charge is 0.387 e. The Morgan fingerprint density at radius 1 is 1.46 bits per heavy atom. The Kier molecular flexibility index (Phi) is 5.43. The quantitative estimate of drug-likeness (QED) is 0.812. The fourth-order valence-corrected chi connectivity index (χ4v) is 3.89. The molecular weight excluding hydrogens is 324 g/mol. The van der Waals surface area contributed by atoms with Crippen LogP contribution in [0.4, 0.5) is 0 Å². The Hall–Kier alpha value is -1.57. The highest BCUT2D eigenvalue weighted by molar-refractivity contribution is 7.12. The number of thiophene rings is 1. The fourth-order valence-electron chi connectivity index (χ4n) is 3.09. The van der Waals surface area contributed by atoms with Crippen molar-refractivity contribution in [1.29, 1.82) is 0 Å². The molecular formula is C17H24N4O2S. The number of aliphatic hydroxyl groups is 1. The van der Waals surface area contributed by atoms with E-state index in [1.54, 1.807) is 13.8 Å². The van der Waals surface area contributed by atoms with E-state index in [0.29, 0.717) is 11.6 Å². The summed E-state index contributed by atoms with van der Waals surface area (Å²) in [6.07, 6.45) is 3.54. The number of nitrogens with zero attached hydrogens (tertiary/aromatic N) is 4. The van der Waals surface area contributed by atoms with Crippen LogP contribution < -0.4 is 0 Å². The zero-order valence-electron chi connectivity index (χ0n) is 14.2. The lowest BCUT2D eigenvalue weighted by molar-refractivity contribution is 0.102. The number of aliphatic hydroxyl groups excluding tert-OH is 1. The van der Waals surface area contributed by atoms with Crippen molar-refractivity contribution in [3.63, 3.8) is 0 Å². The number of rotatable bonds is 6. The first-order valence-corrected chi connectivity index (χ1v) is 9.28. The van der Waals surface area contributed by atoms with E-state index in [-0.39, 0.29) is 5.78 Å². The molecule has 3 heterocycles. The van der Waals surface area contributed by atoms with Crippen LogP contribution >= 0.6 is 11.3 Å². The van der Waals surface area contributed by atoms with Crippen molar-refractivity contribution in [2.75, 3.05) is 13.1 Å². The first-order chi connectivity index (χ1) is 11.5. The zero-order valence-corrected chi connectivity index (χ0v) is 15.0. The van der Waals surface area contributed by atoms with Gasteiger partial charge in [-0.25, -0.2) is 0 Å². The van der Waals surface area contributed by atoms with Crippen molar-refractivity contribution in [2.24, 2.45) is 5.92 Å². The molecule has 2 aromatic heterocycles. The predicted molar refractivity (Wildman–Crippen MR) is 93.0 cm³/mol. The van der Waals surface area contributed by atoms with Gasteiger partial charge in [0.2, 0.25) is 0 Å². The molecule has 0 radical (unpaired) electrons. The number of ketones is 1. The van der Waals surface area contributed by atoms with Gasteiger partial charge in [0.15, 0.2) is 5.78 Å². The number of hydrogen-bond donors (Lipinski definition) is 1. The molecule has 24 heavy (non-hydrogen) atoms. The van der Waals surface area contributed by atoms with E-state index < -0.39 is 6.10 Å². The topological polar surface area (TPSA) is 71.2 Å². The zero-order chi connectivity index (χ0) is 17.1. The SMILES string of the molecule is CC(=O)c1cc(CN2CCC(Cn3cc(C(C)O)nn3)CC2)cs1. The summed E-state index contributed by atoms with van der Waals surface area (Å²) in [5.41, 5.74) is 1.87. The second-order valence-electron chi connectivity index (χ2n) is 6.64. The van der Waals surface area contributed by atoms with Crippen LogP contribution in [0.3, 0.4) is 0 Å². The van der Waals surface area contributed by atoms with Gasteiger partial charge in [-0.05, 0) is 62.7 Å². The Bertz CT molecular complexity index is 686. The molecule has 2 aromatic rings. The van der Waals surface area contributed by atoms with Gasteiger partial charge in [-0.3, -0.25) is 14.4 Å². The summed E-state index contributed by atoms with van der Waals surface area (Å²) < 4.78 is 1.85. The van der Waals surface area contributed by atoms with Gasteiger partial charge in [-0.2, -0.15) is 0 Å². The third-order valence-electron chi connectivity index (χ3n) is 4.54. The van der Waals surface area contributed by atoms with Crippen molar-refractivity contribution in [1.82, 2.24) is 19.9 Å². The number of aromatic nitrogens is 3. The maximum absolute atomic E-state index is 11.4. The minimum absolute atomic E-state index is 0.148. The standard InChI is InChI=1S/C17H24N4O2S/c1-12(22)16-10-21(19-18-16)9-14-3-5-20(6-4-14)8-15-7-17(13(2)23)24-11-15/h7,10-12,14,22H,3-6,8-9H2,1-2H3. The maximum Gasteiger partial charge on any atom is 0.169 e. The van der Waals surface area contributed by atoms with Crippen LogP contribution in [0.5, 0.6) is 0 Å². The third kappa shape index (κ3) is 4.28. The molecule has 0 amide bonds. The molecule has 130 valence electrons. The smallest absolute Gasteiger partial charge is 0.169 e. The van der Waals surface area contributed by atoms with Crippen LogP contribution in [0.1, 0.15) is 53.7 Å². The Labute approximate surface area is 146 Å². The first kappa shape index (κ1) is 17.3. The van der Waals surface area contributed by atoms with E-state index in [1.807, 2.05) is 16.9 Å². The van der Waals surface area contributed by atoms with Crippen molar-refractivity contribution < 1.29 is 9.90 Å². The number of Topliss-reactive ketones (excluding diaryl/α,β-unsaturated/α-hetero) is 1. The average Bonchev–Trinajstić information content (AvgIpc) is 3.19. The van der Waals surface area contributed by atoms with Gasteiger partial charge < -0.3 is 5.11 Å². The van der Waals surface area contributed by atoms with Gasteiger partial charge in [-0.15, -0.1) is 16.4 Å². The van der Waals surface area contributed by atoms with E-state index in [9.17, 15) is 9.90 Å². The number of hydrogen-bond acceptors (Lipinski definition) is 6. The van der Waals surface area contributed by atoms with Crippen molar-refractivity contribution in [2.45, 2.75) is 45.9 Å². The molecule has 6 nitrogen and oxygen atoms in total. The average molecular weight is 348 g/mol. The molecule has 7 heteroatoms. The number of likely N-dealkylation sites (tertiary alicyclic amines) is 1. The molecule has 1 aliphatic heterocycles. The second-order valence-corrected chi connectivity index (χ2v) is 7.55. The minimum atomic E-state index is -0.564. The monoisotopic (exact) mass is 348 g/mol. The number of carbonyl (C=O) groups excluding carboxylic acids is 1. The molecule has 0 aliphatic carbocycles. The molecule has 0 saturated carbocycles. The maximum atomic E-state index is 11.4. The summed E-state index contributed by atoms with van der Waals surface area (Å²) in [5, 5.41) is 19.7. The van der Waals surface area contributed by atoms with Crippen LogP contribution in [0.15, 0.2) is 17.6 Å². The van der Waals surface area contributed by atoms with Gasteiger partial charge in [-0.1, -0.05) is 5.21 Å². The highest BCUT2D eigenvalue weighted by atomic mass is 32.1. The van der Waals surface area contributed by atoms with E-state index >= 15 is 0 Å². The van der Waals surface area contributed by atoms with Crippen LogP contribution in [0.2, 0.25) is 0 Å². The number of piperidine rings is 1. The molecule has 0 bridgehead atoms. The second kappa shape index (κ2) is 7.55. The normalized spacial score (nSPS) is 18.0.